The molecule has 4 aromatic rings. The normalized spacial score (nSPS) is 11.4. The second kappa shape index (κ2) is 7.12. The summed E-state index contributed by atoms with van der Waals surface area (Å²) in [6, 6.07) is 6.71. The molecular formula is C20H15FN6O2. The molecule has 0 aliphatic heterocycles. The van der Waals surface area contributed by atoms with E-state index in [-0.39, 0.29) is 11.6 Å². The van der Waals surface area contributed by atoms with Crippen LogP contribution in [0.15, 0.2) is 48.9 Å². The van der Waals surface area contributed by atoms with Crippen molar-refractivity contribution < 1.29 is 14.0 Å². The van der Waals surface area contributed by atoms with E-state index in [0.29, 0.717) is 28.0 Å². The fourth-order valence-electron chi connectivity index (χ4n) is 2.87. The maximum Gasteiger partial charge on any atom is 0.241 e. The molecule has 0 fully saturated rings. The summed E-state index contributed by atoms with van der Waals surface area (Å²) in [7, 11) is 1.44. The van der Waals surface area contributed by atoms with Crippen LogP contribution in [-0.4, -0.2) is 36.2 Å². The molecule has 144 valence electrons. The highest BCUT2D eigenvalue weighted by Crippen LogP contribution is 2.23. The van der Waals surface area contributed by atoms with Crippen molar-refractivity contribution in [3.8, 4) is 11.3 Å². The Balaban J connectivity index is 1.66. The van der Waals surface area contributed by atoms with Gasteiger partial charge in [-0.05, 0) is 6.08 Å². The number of imidazole rings is 1. The van der Waals surface area contributed by atoms with Gasteiger partial charge < -0.3 is 15.3 Å². The maximum absolute atomic E-state index is 13.4. The fraction of sp³-hybridized carbons (Fsp3) is 0.0500. The molecule has 9 heteroatoms. The number of hydrogen-bond donors (Lipinski definition) is 2. The third kappa shape index (κ3) is 3.41. The first-order valence-corrected chi connectivity index (χ1v) is 8.58. The van der Waals surface area contributed by atoms with E-state index in [0.717, 1.165) is 16.3 Å². The minimum absolute atomic E-state index is 0.0228. The summed E-state index contributed by atoms with van der Waals surface area (Å²) in [6.07, 6.45) is 7.10. The highest BCUT2D eigenvalue weighted by atomic mass is 19.1. The topological polar surface area (TPSA) is 120 Å². The lowest BCUT2D eigenvalue weighted by Crippen LogP contribution is -2.09. The number of ketones is 1. The smallest absolute Gasteiger partial charge is 0.241 e. The van der Waals surface area contributed by atoms with E-state index in [1.165, 1.54) is 13.1 Å². The van der Waals surface area contributed by atoms with E-state index in [1.54, 1.807) is 42.7 Å². The standard InChI is InChI=1S/C20H15FN6O2/c1-27-15(21)10-25-20(27)18(29)12-4-2-11(3-5-12)14-9-24-19-17(26-14)13(8-23-19)6-7-16(22)28/h2-10H,1H3,(H2,22,28)(H,23,24)/b7-6+. The number of rotatable bonds is 5. The van der Waals surface area contributed by atoms with Crippen molar-refractivity contribution in [3.05, 3.63) is 71.8 Å². The highest BCUT2D eigenvalue weighted by molar-refractivity contribution is 6.06. The number of H-pyrrole nitrogens is 1. The predicted octanol–water partition coefficient (Wildman–Crippen LogP) is 2.23. The van der Waals surface area contributed by atoms with Crippen LogP contribution in [0, 0.1) is 5.95 Å². The van der Waals surface area contributed by atoms with Crippen LogP contribution in [0.1, 0.15) is 21.7 Å². The van der Waals surface area contributed by atoms with Gasteiger partial charge in [-0.25, -0.2) is 15.0 Å². The largest absolute Gasteiger partial charge is 0.366 e. The quantitative estimate of drug-likeness (QED) is 0.400. The van der Waals surface area contributed by atoms with Crippen LogP contribution < -0.4 is 5.73 Å². The van der Waals surface area contributed by atoms with E-state index in [2.05, 4.69) is 19.9 Å². The van der Waals surface area contributed by atoms with E-state index in [1.807, 2.05) is 0 Å². The molecule has 1 amide bonds. The molecular weight excluding hydrogens is 375 g/mol. The summed E-state index contributed by atoms with van der Waals surface area (Å²) in [6.45, 7) is 0. The number of aromatic amines is 1. The number of primary amides is 1. The van der Waals surface area contributed by atoms with Gasteiger partial charge >= 0.3 is 0 Å². The molecule has 3 N–H and O–H groups in total. The van der Waals surface area contributed by atoms with Gasteiger partial charge in [-0.1, -0.05) is 24.3 Å². The highest BCUT2D eigenvalue weighted by Gasteiger charge is 2.17. The van der Waals surface area contributed by atoms with Crippen molar-refractivity contribution in [1.82, 2.24) is 24.5 Å². The third-order valence-corrected chi connectivity index (χ3v) is 4.41. The molecule has 8 nitrogen and oxygen atoms in total. The van der Waals surface area contributed by atoms with Gasteiger partial charge in [0, 0.05) is 36.0 Å². The van der Waals surface area contributed by atoms with Gasteiger partial charge in [0.05, 0.1) is 18.1 Å². The van der Waals surface area contributed by atoms with Crippen LogP contribution in [-0.2, 0) is 11.8 Å². The Morgan fingerprint density at radius 1 is 1.17 bits per heavy atom. The van der Waals surface area contributed by atoms with Crippen molar-refractivity contribution in [1.29, 1.82) is 0 Å². The molecule has 0 atom stereocenters. The number of halogens is 1. The molecule has 0 radical (unpaired) electrons. The van der Waals surface area contributed by atoms with Gasteiger partial charge in [-0.2, -0.15) is 4.39 Å². The number of carbonyl (C=O) groups is 2. The lowest BCUT2D eigenvalue weighted by molar-refractivity contribution is -0.113. The van der Waals surface area contributed by atoms with Gasteiger partial charge in [0.2, 0.25) is 17.6 Å². The summed E-state index contributed by atoms with van der Waals surface area (Å²) in [5.41, 5.74) is 8.69. The van der Waals surface area contributed by atoms with E-state index >= 15 is 0 Å². The second-order valence-electron chi connectivity index (χ2n) is 6.30. The van der Waals surface area contributed by atoms with Gasteiger partial charge in [-0.3, -0.25) is 9.59 Å². The number of carbonyl (C=O) groups excluding carboxylic acids is 2. The summed E-state index contributed by atoms with van der Waals surface area (Å²) in [4.78, 5) is 39.2. The molecule has 3 heterocycles. The van der Waals surface area contributed by atoms with Gasteiger partial charge in [0.1, 0.15) is 5.52 Å². The Labute approximate surface area is 163 Å². The lowest BCUT2D eigenvalue weighted by Gasteiger charge is -2.04. The average Bonchev–Trinajstić information content (AvgIpc) is 3.28. The summed E-state index contributed by atoms with van der Waals surface area (Å²) >= 11 is 0. The zero-order valence-corrected chi connectivity index (χ0v) is 15.3. The average molecular weight is 390 g/mol. The Bertz CT molecular complexity index is 1270. The first-order valence-electron chi connectivity index (χ1n) is 8.58. The van der Waals surface area contributed by atoms with Gasteiger partial charge in [0.15, 0.2) is 11.5 Å². The number of hydrogen-bond acceptors (Lipinski definition) is 5. The zero-order valence-electron chi connectivity index (χ0n) is 15.3. The number of fused-ring (bicyclic) bond motifs is 1. The van der Waals surface area contributed by atoms with Gasteiger partial charge in [-0.15, -0.1) is 0 Å². The van der Waals surface area contributed by atoms with Gasteiger partial charge in [0.25, 0.3) is 0 Å². The molecule has 4 rings (SSSR count). The number of benzene rings is 1. The minimum Gasteiger partial charge on any atom is -0.366 e. The molecule has 0 aliphatic carbocycles. The SMILES string of the molecule is Cn1c(F)cnc1C(=O)c1ccc(-c2cnc3[nH]cc(/C=C/C(N)=O)c3n2)cc1. The van der Waals surface area contributed by atoms with E-state index < -0.39 is 11.9 Å². The van der Waals surface area contributed by atoms with E-state index in [9.17, 15) is 14.0 Å². The third-order valence-electron chi connectivity index (χ3n) is 4.41. The van der Waals surface area contributed by atoms with Crippen molar-refractivity contribution in [2.75, 3.05) is 0 Å². The molecule has 0 spiro atoms. The molecule has 0 saturated heterocycles. The van der Waals surface area contributed by atoms with Crippen LogP contribution in [0.5, 0.6) is 0 Å². The Morgan fingerprint density at radius 2 is 1.93 bits per heavy atom. The molecule has 0 aliphatic rings. The van der Waals surface area contributed by atoms with Crippen LogP contribution in [0.2, 0.25) is 0 Å². The van der Waals surface area contributed by atoms with Crippen molar-refractivity contribution >= 4 is 28.9 Å². The number of nitrogens with zero attached hydrogens (tertiary/aromatic N) is 4. The number of nitrogens with one attached hydrogen (secondary N) is 1. The summed E-state index contributed by atoms with van der Waals surface area (Å²) < 4.78 is 14.5. The first-order chi connectivity index (χ1) is 13.9. The predicted molar refractivity (Wildman–Crippen MR) is 104 cm³/mol. The summed E-state index contributed by atoms with van der Waals surface area (Å²) in [5.74, 6) is -1.50. The van der Waals surface area contributed by atoms with Crippen LogP contribution in [0.4, 0.5) is 4.39 Å². The number of nitrogens with two attached hydrogens (primary N) is 1. The van der Waals surface area contributed by atoms with Crippen molar-refractivity contribution in [3.63, 3.8) is 0 Å². The maximum atomic E-state index is 13.4. The molecule has 0 unspecified atom stereocenters. The lowest BCUT2D eigenvalue weighted by atomic mass is 10.1. The Hall–Kier alpha value is -4.14. The van der Waals surface area contributed by atoms with Crippen LogP contribution in [0.3, 0.4) is 0 Å². The fourth-order valence-corrected chi connectivity index (χ4v) is 2.87. The molecule has 0 saturated carbocycles. The number of aromatic nitrogens is 5. The van der Waals surface area contributed by atoms with E-state index in [4.69, 9.17) is 5.73 Å². The molecule has 3 aromatic heterocycles. The Kier molecular flexibility index (Phi) is 4.47. The minimum atomic E-state index is -0.582. The van der Waals surface area contributed by atoms with Crippen molar-refractivity contribution in [2.24, 2.45) is 12.8 Å². The molecule has 0 bridgehead atoms. The van der Waals surface area contributed by atoms with Crippen LogP contribution >= 0.6 is 0 Å². The Morgan fingerprint density at radius 3 is 2.59 bits per heavy atom. The zero-order chi connectivity index (χ0) is 20.5. The molecule has 29 heavy (non-hydrogen) atoms. The number of amides is 1. The first kappa shape index (κ1) is 18.2. The van der Waals surface area contributed by atoms with Crippen molar-refractivity contribution in [2.45, 2.75) is 0 Å². The monoisotopic (exact) mass is 390 g/mol. The second-order valence-corrected chi connectivity index (χ2v) is 6.30. The van der Waals surface area contributed by atoms with Crippen LogP contribution in [0.25, 0.3) is 28.5 Å². The molecule has 1 aromatic carbocycles. The summed E-state index contributed by atoms with van der Waals surface area (Å²) in [5, 5.41) is 0.